The van der Waals surface area contributed by atoms with Crippen molar-refractivity contribution in [2.45, 2.75) is 19.0 Å². The lowest BCUT2D eigenvalue weighted by Gasteiger charge is -2.22. The van der Waals surface area contributed by atoms with Gasteiger partial charge in [-0.3, -0.25) is 9.59 Å². The van der Waals surface area contributed by atoms with Crippen LogP contribution in [0.2, 0.25) is 0 Å². The van der Waals surface area contributed by atoms with Crippen LogP contribution in [-0.2, 0) is 16.1 Å². The maximum Gasteiger partial charge on any atom is 0.332 e. The van der Waals surface area contributed by atoms with Gasteiger partial charge < -0.3 is 24.4 Å². The summed E-state index contributed by atoms with van der Waals surface area (Å²) in [6.45, 7) is 0.135. The summed E-state index contributed by atoms with van der Waals surface area (Å²) >= 11 is 0. The Morgan fingerprint density at radius 1 is 0.833 bits per heavy atom. The summed E-state index contributed by atoms with van der Waals surface area (Å²) in [5.41, 5.74) is 1.67. The lowest BCUT2D eigenvalue weighted by molar-refractivity contribution is -0.124. The molecule has 1 fully saturated rings. The van der Waals surface area contributed by atoms with Crippen molar-refractivity contribution < 1.29 is 28.6 Å². The average Bonchev–Trinajstić information content (AvgIpc) is 3.12. The zero-order valence-electron chi connectivity index (χ0n) is 20.3. The molecule has 1 N–H and O–H groups in total. The van der Waals surface area contributed by atoms with Crippen LogP contribution in [0.4, 0.5) is 16.2 Å². The minimum atomic E-state index is -0.989. The molecule has 3 aromatic rings. The highest BCUT2D eigenvalue weighted by Crippen LogP contribution is 2.30. The Labute approximate surface area is 209 Å². The number of para-hydroxylation sites is 1. The van der Waals surface area contributed by atoms with E-state index in [2.05, 4.69) is 5.32 Å². The third-order valence-corrected chi connectivity index (χ3v) is 5.83. The van der Waals surface area contributed by atoms with E-state index in [0.29, 0.717) is 28.6 Å². The van der Waals surface area contributed by atoms with Crippen LogP contribution >= 0.6 is 0 Å². The second kappa shape index (κ2) is 10.8. The first-order valence-electron chi connectivity index (χ1n) is 11.3. The molecule has 9 nitrogen and oxygen atoms in total. The minimum absolute atomic E-state index is 0.135. The average molecular weight is 490 g/mol. The van der Waals surface area contributed by atoms with E-state index in [9.17, 15) is 14.4 Å². The van der Waals surface area contributed by atoms with Gasteiger partial charge in [-0.25, -0.2) is 9.69 Å². The fourth-order valence-corrected chi connectivity index (χ4v) is 4.06. The van der Waals surface area contributed by atoms with Crippen LogP contribution in [0.3, 0.4) is 0 Å². The quantitative estimate of drug-likeness (QED) is 0.455. The van der Waals surface area contributed by atoms with E-state index in [-0.39, 0.29) is 13.0 Å². The standard InChI is InChI=1S/C27H27N3O6/c1-34-21-11-7-8-18(12-21)17-29-24(26(32)30(27(29)33)20-9-5-4-6-10-20)16-25(31)28-19-13-22(35-2)15-23(14-19)36-3/h4-15,24H,16-17H2,1-3H3,(H,28,31)/t24-/m0/s1. The number of methoxy groups -OCH3 is 3. The lowest BCUT2D eigenvalue weighted by atomic mass is 10.1. The molecular weight excluding hydrogens is 462 g/mol. The van der Waals surface area contributed by atoms with Gasteiger partial charge in [0.2, 0.25) is 5.91 Å². The largest absolute Gasteiger partial charge is 0.497 e. The number of ether oxygens (including phenoxy) is 3. The number of nitrogens with one attached hydrogen (secondary N) is 1. The SMILES string of the molecule is COc1cccc(CN2C(=O)N(c3ccccc3)C(=O)[C@@H]2CC(=O)Nc2cc(OC)cc(OC)c2)c1. The molecule has 3 aromatic carbocycles. The molecule has 0 aliphatic carbocycles. The van der Waals surface area contributed by atoms with Crippen LogP contribution in [0.1, 0.15) is 12.0 Å². The number of urea groups is 1. The van der Waals surface area contributed by atoms with Crippen molar-refractivity contribution in [3.8, 4) is 17.2 Å². The Morgan fingerprint density at radius 2 is 1.50 bits per heavy atom. The van der Waals surface area contributed by atoms with Gasteiger partial charge in [0, 0.05) is 30.4 Å². The number of amides is 4. The fraction of sp³-hybridized carbons (Fsp3) is 0.222. The number of carbonyl (C=O) groups excluding carboxylic acids is 3. The topological polar surface area (TPSA) is 97.4 Å². The van der Waals surface area contributed by atoms with Gasteiger partial charge in [0.25, 0.3) is 5.91 Å². The van der Waals surface area contributed by atoms with Crippen LogP contribution in [0.5, 0.6) is 17.2 Å². The smallest absolute Gasteiger partial charge is 0.332 e. The second-order valence-electron chi connectivity index (χ2n) is 8.14. The molecule has 186 valence electrons. The zero-order valence-corrected chi connectivity index (χ0v) is 20.3. The minimum Gasteiger partial charge on any atom is -0.497 e. The number of imide groups is 1. The van der Waals surface area contributed by atoms with Gasteiger partial charge in [-0.05, 0) is 29.8 Å². The molecule has 1 heterocycles. The summed E-state index contributed by atoms with van der Waals surface area (Å²) in [6, 6.07) is 19.4. The molecule has 0 aromatic heterocycles. The Kier molecular flexibility index (Phi) is 7.39. The summed E-state index contributed by atoms with van der Waals surface area (Å²) in [4.78, 5) is 42.4. The molecule has 9 heteroatoms. The van der Waals surface area contributed by atoms with Crippen molar-refractivity contribution in [3.05, 3.63) is 78.4 Å². The number of anilines is 2. The predicted octanol–water partition coefficient (Wildman–Crippen LogP) is 4.08. The van der Waals surface area contributed by atoms with Crippen molar-refractivity contribution in [2.24, 2.45) is 0 Å². The molecule has 0 radical (unpaired) electrons. The highest BCUT2D eigenvalue weighted by molar-refractivity contribution is 6.22. The first-order valence-corrected chi connectivity index (χ1v) is 11.3. The molecule has 4 amide bonds. The first kappa shape index (κ1) is 24.6. The van der Waals surface area contributed by atoms with Gasteiger partial charge in [-0.15, -0.1) is 0 Å². The highest BCUT2D eigenvalue weighted by atomic mass is 16.5. The van der Waals surface area contributed by atoms with E-state index in [1.807, 2.05) is 12.1 Å². The summed E-state index contributed by atoms with van der Waals surface area (Å²) < 4.78 is 15.8. The van der Waals surface area contributed by atoms with Crippen LogP contribution < -0.4 is 24.4 Å². The maximum absolute atomic E-state index is 13.4. The molecule has 1 aliphatic heterocycles. The van der Waals surface area contributed by atoms with Gasteiger partial charge in [-0.2, -0.15) is 0 Å². The van der Waals surface area contributed by atoms with Crippen LogP contribution in [0.15, 0.2) is 72.8 Å². The Bertz CT molecular complexity index is 1240. The van der Waals surface area contributed by atoms with Gasteiger partial charge >= 0.3 is 6.03 Å². The maximum atomic E-state index is 13.4. The van der Waals surface area contributed by atoms with Crippen LogP contribution in [0, 0.1) is 0 Å². The molecule has 0 spiro atoms. The summed E-state index contributed by atoms with van der Waals surface area (Å²) in [5.74, 6) is 0.750. The lowest BCUT2D eigenvalue weighted by Crippen LogP contribution is -2.37. The number of nitrogens with zero attached hydrogens (tertiary/aromatic N) is 2. The van der Waals surface area contributed by atoms with Gasteiger partial charge in [0.1, 0.15) is 23.3 Å². The van der Waals surface area contributed by atoms with Gasteiger partial charge in [-0.1, -0.05) is 30.3 Å². The normalized spacial score (nSPS) is 15.1. The first-order chi connectivity index (χ1) is 17.4. The molecule has 36 heavy (non-hydrogen) atoms. The third-order valence-electron chi connectivity index (χ3n) is 5.83. The number of carbonyl (C=O) groups is 3. The van der Waals surface area contributed by atoms with E-state index in [4.69, 9.17) is 14.2 Å². The van der Waals surface area contributed by atoms with E-state index >= 15 is 0 Å². The monoisotopic (exact) mass is 489 g/mol. The Hall–Kier alpha value is -4.53. The number of hydrogen-bond donors (Lipinski definition) is 1. The van der Waals surface area contributed by atoms with E-state index in [0.717, 1.165) is 10.5 Å². The molecule has 1 atom stereocenters. The van der Waals surface area contributed by atoms with E-state index in [1.165, 1.54) is 19.1 Å². The van der Waals surface area contributed by atoms with E-state index < -0.39 is 23.9 Å². The molecule has 0 saturated carbocycles. The molecule has 1 saturated heterocycles. The molecule has 1 aliphatic rings. The van der Waals surface area contributed by atoms with E-state index in [1.54, 1.807) is 67.8 Å². The summed E-state index contributed by atoms with van der Waals surface area (Å²) in [6.07, 6.45) is -0.225. The van der Waals surface area contributed by atoms with Crippen molar-refractivity contribution >= 4 is 29.2 Å². The number of rotatable bonds is 9. The molecule has 4 rings (SSSR count). The number of hydrogen-bond acceptors (Lipinski definition) is 6. The van der Waals surface area contributed by atoms with Crippen molar-refractivity contribution in [3.63, 3.8) is 0 Å². The van der Waals surface area contributed by atoms with Crippen LogP contribution in [-0.4, -0.2) is 50.1 Å². The summed E-state index contributed by atoms with van der Waals surface area (Å²) in [7, 11) is 4.58. The third kappa shape index (κ3) is 5.25. The van der Waals surface area contributed by atoms with Crippen molar-refractivity contribution in [2.75, 3.05) is 31.5 Å². The zero-order chi connectivity index (χ0) is 25.7. The Morgan fingerprint density at radius 3 is 2.14 bits per heavy atom. The second-order valence-corrected chi connectivity index (χ2v) is 8.14. The predicted molar refractivity (Wildman–Crippen MR) is 134 cm³/mol. The molecule has 0 bridgehead atoms. The molecular formula is C27H27N3O6. The fourth-order valence-electron chi connectivity index (χ4n) is 4.06. The number of benzene rings is 3. The van der Waals surface area contributed by atoms with Crippen molar-refractivity contribution in [1.82, 2.24) is 4.90 Å². The Balaban J connectivity index is 1.60. The molecule has 0 unspecified atom stereocenters. The van der Waals surface area contributed by atoms with Crippen molar-refractivity contribution in [1.29, 1.82) is 0 Å². The highest BCUT2D eigenvalue weighted by Gasteiger charge is 2.46. The van der Waals surface area contributed by atoms with Crippen LogP contribution in [0.25, 0.3) is 0 Å². The van der Waals surface area contributed by atoms with Gasteiger partial charge in [0.15, 0.2) is 0 Å². The summed E-state index contributed by atoms with van der Waals surface area (Å²) in [5, 5.41) is 2.78. The van der Waals surface area contributed by atoms with Gasteiger partial charge in [0.05, 0.1) is 33.4 Å².